The zero-order valence-electron chi connectivity index (χ0n) is 42.9. The summed E-state index contributed by atoms with van der Waals surface area (Å²) in [6.07, 6.45) is 0. The first kappa shape index (κ1) is 43.2. The monoisotopic (exact) mass is 996 g/mol. The lowest BCUT2D eigenvalue weighted by Gasteiger charge is -2.27. The first-order valence-electron chi connectivity index (χ1n) is 27.0. The number of furan rings is 1. The summed E-state index contributed by atoms with van der Waals surface area (Å²) in [7, 11) is 0. The third-order valence-electron chi connectivity index (χ3n) is 17.2. The summed E-state index contributed by atoms with van der Waals surface area (Å²) in [6, 6.07) is 93.8. The summed E-state index contributed by atoms with van der Waals surface area (Å²) < 4.78 is 14.1. The van der Waals surface area contributed by atoms with Gasteiger partial charge in [0.1, 0.15) is 11.2 Å². The van der Waals surface area contributed by atoms with E-state index < -0.39 is 0 Å². The van der Waals surface area contributed by atoms with Crippen molar-refractivity contribution in [2.24, 2.45) is 0 Å². The molecular weight excluding hydrogens is 949 g/mol. The highest BCUT2D eigenvalue weighted by atomic mass is 16.3. The van der Waals surface area contributed by atoms with Gasteiger partial charge in [-0.25, -0.2) is 0 Å². The highest BCUT2D eigenvalue weighted by Gasteiger charge is 2.35. The molecule has 0 N–H and O–H groups in total. The Labute approximate surface area is 449 Å². The van der Waals surface area contributed by atoms with Gasteiger partial charge in [0.2, 0.25) is 0 Å². The number of hydrogen-bond acceptors (Lipinski definition) is 2. The lowest BCUT2D eigenvalue weighted by Crippen LogP contribution is -2.15. The fourth-order valence-corrected chi connectivity index (χ4v) is 13.6. The van der Waals surface area contributed by atoms with E-state index in [2.05, 4.69) is 287 Å². The van der Waals surface area contributed by atoms with Crippen molar-refractivity contribution in [1.82, 2.24) is 13.7 Å². The summed E-state index contributed by atoms with van der Waals surface area (Å²) in [5, 5.41) is 11.8. The van der Waals surface area contributed by atoms with Gasteiger partial charge >= 0.3 is 0 Å². The molecule has 4 heterocycles. The minimum Gasteiger partial charge on any atom is -0.456 e. The van der Waals surface area contributed by atoms with Crippen LogP contribution in [0, 0.1) is 0 Å². The Bertz CT molecular complexity index is 5100. The third kappa shape index (κ3) is 6.01. The molecule has 0 radical (unpaired) electrons. The van der Waals surface area contributed by atoms with Crippen LogP contribution in [0.2, 0.25) is 0 Å². The van der Waals surface area contributed by atoms with E-state index in [1.807, 2.05) is 0 Å². The second kappa shape index (κ2) is 16.0. The van der Waals surface area contributed by atoms with E-state index >= 15 is 0 Å². The molecule has 0 atom stereocenters. The average molecular weight is 997 g/mol. The number of benzene rings is 12. The highest BCUT2D eigenvalue weighted by Crippen LogP contribution is 2.51. The van der Waals surface area contributed by atoms with Gasteiger partial charge in [0.15, 0.2) is 0 Å². The van der Waals surface area contributed by atoms with Crippen LogP contribution in [0.25, 0.3) is 126 Å². The molecule has 1 aliphatic rings. The molecule has 5 nitrogen and oxygen atoms in total. The van der Waals surface area contributed by atoms with Gasteiger partial charge in [-0.3, -0.25) is 0 Å². The molecule has 0 unspecified atom stereocenters. The molecule has 0 saturated heterocycles. The quantitative estimate of drug-likeness (QED) is 0.166. The lowest BCUT2D eigenvalue weighted by atomic mass is 9.82. The van der Waals surface area contributed by atoms with Crippen molar-refractivity contribution in [2.75, 3.05) is 4.90 Å². The van der Waals surface area contributed by atoms with E-state index in [-0.39, 0.29) is 5.41 Å². The summed E-state index contributed by atoms with van der Waals surface area (Å²) in [5.41, 5.74) is 20.5. The van der Waals surface area contributed by atoms with Gasteiger partial charge in [-0.1, -0.05) is 159 Å². The van der Waals surface area contributed by atoms with Crippen LogP contribution >= 0.6 is 0 Å². The van der Waals surface area contributed by atoms with Crippen molar-refractivity contribution < 1.29 is 4.42 Å². The Balaban J connectivity index is 0.881. The molecule has 0 aliphatic heterocycles. The van der Waals surface area contributed by atoms with Crippen LogP contribution in [0.1, 0.15) is 25.0 Å². The van der Waals surface area contributed by atoms with Gasteiger partial charge < -0.3 is 23.0 Å². The number of nitrogens with zero attached hydrogens (tertiary/aromatic N) is 4. The fraction of sp³-hybridized carbons (Fsp3) is 0.0411. The molecule has 0 bridgehead atoms. The topological polar surface area (TPSA) is 31.2 Å². The average Bonchev–Trinajstić information content (AvgIpc) is 4.43. The van der Waals surface area contributed by atoms with E-state index in [1.165, 1.54) is 87.4 Å². The number of hydrogen-bond donors (Lipinski definition) is 0. The van der Waals surface area contributed by atoms with Gasteiger partial charge in [-0.15, -0.1) is 0 Å². The molecule has 5 heteroatoms. The second-order valence-corrected chi connectivity index (χ2v) is 21.7. The van der Waals surface area contributed by atoms with Gasteiger partial charge in [-0.05, 0) is 131 Å². The van der Waals surface area contributed by atoms with Crippen LogP contribution in [-0.4, -0.2) is 13.7 Å². The molecule has 12 aromatic carbocycles. The van der Waals surface area contributed by atoms with E-state index in [9.17, 15) is 0 Å². The first-order valence-corrected chi connectivity index (χ1v) is 27.0. The minimum atomic E-state index is -0.156. The van der Waals surface area contributed by atoms with E-state index in [4.69, 9.17) is 4.42 Å². The Morgan fingerprint density at radius 2 is 0.795 bits per heavy atom. The molecule has 0 saturated carbocycles. The number of para-hydroxylation sites is 4. The number of anilines is 3. The van der Waals surface area contributed by atoms with Crippen LogP contribution < -0.4 is 4.90 Å². The zero-order valence-corrected chi connectivity index (χ0v) is 42.9. The molecule has 1 aliphatic carbocycles. The normalized spacial score (nSPS) is 13.1. The predicted molar refractivity (Wildman–Crippen MR) is 326 cm³/mol. The summed E-state index contributed by atoms with van der Waals surface area (Å²) in [6.45, 7) is 4.74. The van der Waals surface area contributed by atoms with Gasteiger partial charge in [0.25, 0.3) is 0 Å². The third-order valence-corrected chi connectivity index (χ3v) is 17.2. The van der Waals surface area contributed by atoms with Gasteiger partial charge in [0, 0.05) is 88.4 Å². The van der Waals surface area contributed by atoms with Crippen molar-refractivity contribution in [2.45, 2.75) is 19.3 Å². The Kier molecular flexibility index (Phi) is 8.84. The molecule has 366 valence electrons. The number of rotatable bonds is 6. The van der Waals surface area contributed by atoms with Crippen molar-refractivity contribution >= 4 is 115 Å². The van der Waals surface area contributed by atoms with E-state index in [1.54, 1.807) is 0 Å². The van der Waals surface area contributed by atoms with Crippen molar-refractivity contribution in [1.29, 1.82) is 0 Å². The number of aromatic nitrogens is 3. The molecule has 0 spiro atoms. The maximum absolute atomic E-state index is 6.79. The Morgan fingerprint density at radius 3 is 1.49 bits per heavy atom. The lowest BCUT2D eigenvalue weighted by molar-refractivity contribution is 0.660. The number of fused-ring (bicyclic) bond motifs is 16. The summed E-state index contributed by atoms with van der Waals surface area (Å²) >= 11 is 0. The van der Waals surface area contributed by atoms with E-state index in [0.717, 1.165) is 67.1 Å². The molecule has 16 aromatic rings. The largest absolute Gasteiger partial charge is 0.456 e. The smallest absolute Gasteiger partial charge is 0.137 e. The molecule has 78 heavy (non-hydrogen) atoms. The van der Waals surface area contributed by atoms with Crippen LogP contribution in [-0.2, 0) is 5.41 Å². The molecular formula is C73H48N4O. The van der Waals surface area contributed by atoms with Gasteiger partial charge in [0.05, 0.1) is 38.8 Å². The molecule has 0 fully saturated rings. The maximum Gasteiger partial charge on any atom is 0.137 e. The minimum absolute atomic E-state index is 0.156. The first-order chi connectivity index (χ1) is 38.4. The fourth-order valence-electron chi connectivity index (χ4n) is 13.6. The van der Waals surface area contributed by atoms with Crippen molar-refractivity contribution in [3.8, 4) is 28.2 Å². The molecule has 0 amide bonds. The second-order valence-electron chi connectivity index (χ2n) is 21.7. The summed E-state index contributed by atoms with van der Waals surface area (Å²) in [5.74, 6) is 0. The zero-order chi connectivity index (χ0) is 51.4. The van der Waals surface area contributed by atoms with Crippen molar-refractivity contribution in [3.63, 3.8) is 0 Å². The summed E-state index contributed by atoms with van der Waals surface area (Å²) in [4.78, 5) is 2.44. The predicted octanol–water partition coefficient (Wildman–Crippen LogP) is 19.8. The van der Waals surface area contributed by atoms with E-state index in [0.29, 0.717) is 0 Å². The van der Waals surface area contributed by atoms with Crippen LogP contribution in [0.4, 0.5) is 17.1 Å². The Hall–Kier alpha value is -10.1. The van der Waals surface area contributed by atoms with Crippen LogP contribution in [0.3, 0.4) is 0 Å². The molecule has 17 rings (SSSR count). The van der Waals surface area contributed by atoms with Crippen LogP contribution in [0.15, 0.2) is 259 Å². The SMILES string of the molecule is CC1(C)c2ccccc2-c2ccc(-n3c4ccc(N(c5ccc6oc7cc(-n8c9ccccc9c9ccccc98)ccc7c6c5)c5cccc6ccccc56)cc4c4ccc(-n5c6ccccc6c6ccccc65)cc43)cc21. The maximum atomic E-state index is 6.79. The Morgan fingerprint density at radius 1 is 0.308 bits per heavy atom. The van der Waals surface area contributed by atoms with Crippen molar-refractivity contribution in [3.05, 3.63) is 266 Å². The standard InChI is InChI=1S/C73H48N4O/c1-73(2)62-24-10-5-19-52(62)53-35-30-48(42-63(53)73)77-69-38-33-46(40-60(69)58-36-31-49(43-70(58)77)75-65-25-11-6-20-54(65)55-21-7-12-26-66(55)75)74(64-29-15-17-45-16-3-4-18-51(45)64)47-34-39-71-61(41-47)59-37-32-50(44-72(59)78-71)76-67-27-13-8-22-56(67)57-23-9-14-28-68(57)76/h3-44H,1-2H3. The van der Waals surface area contributed by atoms with Gasteiger partial charge in [-0.2, -0.15) is 0 Å². The molecule has 4 aromatic heterocycles. The highest BCUT2D eigenvalue weighted by molar-refractivity contribution is 6.15. The van der Waals surface area contributed by atoms with Crippen LogP contribution in [0.5, 0.6) is 0 Å².